The molecule has 0 N–H and O–H groups in total. The number of aromatic nitrogens is 2. The van der Waals surface area contributed by atoms with Gasteiger partial charge in [-0.15, -0.1) is 10.2 Å². The van der Waals surface area contributed by atoms with Crippen molar-refractivity contribution >= 4 is 17.7 Å². The number of hydrogen-bond acceptors (Lipinski definition) is 6. The lowest BCUT2D eigenvalue weighted by molar-refractivity contribution is -0.129. The molecule has 1 aliphatic carbocycles. The van der Waals surface area contributed by atoms with Crippen molar-refractivity contribution < 1.29 is 13.9 Å². The molecule has 0 radical (unpaired) electrons. The van der Waals surface area contributed by atoms with Crippen LogP contribution in [-0.4, -0.2) is 46.5 Å². The monoisotopic (exact) mass is 375 g/mol. The van der Waals surface area contributed by atoms with Gasteiger partial charge in [-0.1, -0.05) is 31.0 Å². The Bertz CT molecular complexity index is 711. The number of thioether (sulfide) groups is 1. The standard InChI is InChI=1S/C19H25N3O3S/c1-3-24-16-11-9-14(10-12-16)18-20-21-19(25-18)26-13-17(23)22(2)15-7-5-4-6-8-15/h9-12,15H,3-8,13H2,1-2H3. The molecule has 1 aromatic carbocycles. The Morgan fingerprint density at radius 1 is 1.23 bits per heavy atom. The van der Waals surface area contributed by atoms with Gasteiger partial charge in [-0.3, -0.25) is 4.79 Å². The zero-order chi connectivity index (χ0) is 18.4. The molecule has 1 fully saturated rings. The van der Waals surface area contributed by atoms with Gasteiger partial charge >= 0.3 is 0 Å². The molecular formula is C19H25N3O3S. The lowest BCUT2D eigenvalue weighted by Crippen LogP contribution is -2.39. The summed E-state index contributed by atoms with van der Waals surface area (Å²) in [6, 6.07) is 7.89. The maximum absolute atomic E-state index is 12.4. The van der Waals surface area contributed by atoms with E-state index in [2.05, 4.69) is 10.2 Å². The zero-order valence-corrected chi connectivity index (χ0v) is 16.1. The van der Waals surface area contributed by atoms with E-state index in [0.717, 1.165) is 24.2 Å². The van der Waals surface area contributed by atoms with Crippen molar-refractivity contribution in [3.63, 3.8) is 0 Å². The van der Waals surface area contributed by atoms with Gasteiger partial charge in [0.25, 0.3) is 5.22 Å². The third kappa shape index (κ3) is 4.78. The first-order chi connectivity index (χ1) is 12.7. The molecule has 6 nitrogen and oxygen atoms in total. The molecule has 1 heterocycles. The van der Waals surface area contributed by atoms with Crippen LogP contribution in [0.15, 0.2) is 33.9 Å². The molecule has 0 atom stereocenters. The summed E-state index contributed by atoms with van der Waals surface area (Å²) >= 11 is 1.29. The molecule has 1 amide bonds. The number of hydrogen-bond donors (Lipinski definition) is 0. The highest BCUT2D eigenvalue weighted by atomic mass is 32.2. The normalized spacial score (nSPS) is 15.0. The minimum absolute atomic E-state index is 0.114. The summed E-state index contributed by atoms with van der Waals surface area (Å²) in [6.07, 6.45) is 5.92. The molecule has 0 saturated heterocycles. The fourth-order valence-corrected chi connectivity index (χ4v) is 3.83. The van der Waals surface area contributed by atoms with Crippen LogP contribution in [-0.2, 0) is 4.79 Å². The number of amides is 1. The Labute approximate surface area is 158 Å². The lowest BCUT2D eigenvalue weighted by Gasteiger charge is -2.31. The number of ether oxygens (including phenoxy) is 1. The minimum Gasteiger partial charge on any atom is -0.494 e. The van der Waals surface area contributed by atoms with Gasteiger partial charge < -0.3 is 14.1 Å². The smallest absolute Gasteiger partial charge is 0.277 e. The molecule has 0 unspecified atom stereocenters. The number of nitrogens with zero attached hydrogens (tertiary/aromatic N) is 3. The molecule has 0 spiro atoms. The van der Waals surface area contributed by atoms with Crippen LogP contribution in [0.1, 0.15) is 39.0 Å². The van der Waals surface area contributed by atoms with E-state index in [1.807, 2.05) is 43.1 Å². The maximum Gasteiger partial charge on any atom is 0.277 e. The van der Waals surface area contributed by atoms with Crippen molar-refractivity contribution in [2.75, 3.05) is 19.4 Å². The predicted molar refractivity (Wildman–Crippen MR) is 101 cm³/mol. The molecule has 2 aromatic rings. The summed E-state index contributed by atoms with van der Waals surface area (Å²) < 4.78 is 11.1. The van der Waals surface area contributed by atoms with Gasteiger partial charge in [0.2, 0.25) is 11.8 Å². The quantitative estimate of drug-likeness (QED) is 0.681. The summed E-state index contributed by atoms with van der Waals surface area (Å²) in [6.45, 7) is 2.58. The second-order valence-corrected chi connectivity index (χ2v) is 7.34. The minimum atomic E-state index is 0.114. The average molecular weight is 375 g/mol. The van der Waals surface area contributed by atoms with Crippen molar-refractivity contribution in [3.05, 3.63) is 24.3 Å². The Kier molecular flexibility index (Phi) is 6.55. The second-order valence-electron chi connectivity index (χ2n) is 6.42. The van der Waals surface area contributed by atoms with E-state index >= 15 is 0 Å². The predicted octanol–water partition coefficient (Wildman–Crippen LogP) is 4.02. The number of carbonyl (C=O) groups excluding carboxylic acids is 1. The third-order valence-electron chi connectivity index (χ3n) is 4.65. The van der Waals surface area contributed by atoms with E-state index < -0.39 is 0 Å². The third-order valence-corrected chi connectivity index (χ3v) is 5.46. The highest BCUT2D eigenvalue weighted by Gasteiger charge is 2.22. The van der Waals surface area contributed by atoms with E-state index in [9.17, 15) is 4.79 Å². The Morgan fingerprint density at radius 2 is 1.96 bits per heavy atom. The van der Waals surface area contributed by atoms with E-state index in [-0.39, 0.29) is 5.91 Å². The topological polar surface area (TPSA) is 68.5 Å². The van der Waals surface area contributed by atoms with Crippen LogP contribution in [0.3, 0.4) is 0 Å². The SMILES string of the molecule is CCOc1ccc(-c2nnc(SCC(=O)N(C)C3CCCCC3)o2)cc1. The fourth-order valence-electron chi connectivity index (χ4n) is 3.14. The molecule has 1 aliphatic rings. The van der Waals surface area contributed by atoms with Gasteiger partial charge in [0.1, 0.15) is 5.75 Å². The maximum atomic E-state index is 12.4. The van der Waals surface area contributed by atoms with E-state index in [4.69, 9.17) is 9.15 Å². The van der Waals surface area contributed by atoms with Crippen molar-refractivity contribution in [2.24, 2.45) is 0 Å². The Hall–Kier alpha value is -2.02. The van der Waals surface area contributed by atoms with Crippen LogP contribution in [0.25, 0.3) is 11.5 Å². The van der Waals surface area contributed by atoms with Crippen LogP contribution in [0.5, 0.6) is 5.75 Å². The zero-order valence-electron chi connectivity index (χ0n) is 15.3. The number of benzene rings is 1. The van der Waals surface area contributed by atoms with Crippen molar-refractivity contribution in [1.82, 2.24) is 15.1 Å². The van der Waals surface area contributed by atoms with Crippen LogP contribution in [0, 0.1) is 0 Å². The van der Waals surface area contributed by atoms with Gasteiger partial charge in [-0.25, -0.2) is 0 Å². The molecule has 26 heavy (non-hydrogen) atoms. The number of rotatable bonds is 7. The Morgan fingerprint density at radius 3 is 2.65 bits per heavy atom. The van der Waals surface area contributed by atoms with E-state index in [1.165, 1.54) is 31.0 Å². The number of carbonyl (C=O) groups is 1. The molecule has 0 aliphatic heterocycles. The molecule has 3 rings (SSSR count). The first-order valence-electron chi connectivity index (χ1n) is 9.12. The lowest BCUT2D eigenvalue weighted by atomic mass is 9.94. The molecule has 1 saturated carbocycles. The van der Waals surface area contributed by atoms with Gasteiger partial charge in [0.05, 0.1) is 12.4 Å². The van der Waals surface area contributed by atoms with Crippen molar-refractivity contribution in [2.45, 2.75) is 50.3 Å². The van der Waals surface area contributed by atoms with Gasteiger partial charge in [-0.05, 0) is 44.0 Å². The average Bonchev–Trinajstić information content (AvgIpc) is 3.16. The largest absolute Gasteiger partial charge is 0.494 e. The molecular weight excluding hydrogens is 350 g/mol. The summed E-state index contributed by atoms with van der Waals surface area (Å²) in [4.78, 5) is 14.3. The van der Waals surface area contributed by atoms with Crippen LogP contribution >= 0.6 is 11.8 Å². The molecule has 7 heteroatoms. The second kappa shape index (κ2) is 9.07. The van der Waals surface area contributed by atoms with Gasteiger partial charge in [0.15, 0.2) is 0 Å². The first kappa shape index (κ1) is 18.8. The summed E-state index contributed by atoms with van der Waals surface area (Å²) in [5.74, 6) is 1.69. The fraction of sp³-hybridized carbons (Fsp3) is 0.526. The highest BCUT2D eigenvalue weighted by molar-refractivity contribution is 7.99. The van der Waals surface area contributed by atoms with E-state index in [1.54, 1.807) is 0 Å². The Balaban J connectivity index is 1.53. The summed E-state index contributed by atoms with van der Waals surface area (Å²) in [5.41, 5.74) is 0.832. The van der Waals surface area contributed by atoms with Gasteiger partial charge in [0, 0.05) is 18.7 Å². The molecule has 140 valence electrons. The van der Waals surface area contributed by atoms with Crippen LogP contribution in [0.2, 0.25) is 0 Å². The van der Waals surface area contributed by atoms with E-state index in [0.29, 0.717) is 29.5 Å². The first-order valence-corrected chi connectivity index (χ1v) is 10.1. The van der Waals surface area contributed by atoms with Crippen LogP contribution < -0.4 is 4.74 Å². The van der Waals surface area contributed by atoms with Crippen molar-refractivity contribution in [1.29, 1.82) is 0 Å². The highest BCUT2D eigenvalue weighted by Crippen LogP contribution is 2.26. The summed E-state index contributed by atoms with van der Waals surface area (Å²) in [7, 11) is 1.90. The van der Waals surface area contributed by atoms with Crippen molar-refractivity contribution in [3.8, 4) is 17.2 Å². The van der Waals surface area contributed by atoms with Crippen LogP contribution in [0.4, 0.5) is 0 Å². The molecule has 0 bridgehead atoms. The summed E-state index contributed by atoms with van der Waals surface area (Å²) in [5, 5.41) is 8.53. The molecule has 1 aromatic heterocycles. The van der Waals surface area contributed by atoms with Gasteiger partial charge in [-0.2, -0.15) is 0 Å².